The van der Waals surface area contributed by atoms with E-state index in [0.29, 0.717) is 12.3 Å². The molecule has 0 saturated heterocycles. The van der Waals surface area contributed by atoms with Crippen LogP contribution in [0.3, 0.4) is 0 Å². The Morgan fingerprint density at radius 3 is 2.74 bits per heavy atom. The number of carbonyl (C=O) groups is 1. The topological polar surface area (TPSA) is 101 Å². The van der Waals surface area contributed by atoms with Crippen LogP contribution in [0, 0.1) is 6.92 Å². The molecule has 0 aliphatic heterocycles. The highest BCUT2D eigenvalue weighted by atomic mass is 32.2. The van der Waals surface area contributed by atoms with Gasteiger partial charge in [0.1, 0.15) is 5.82 Å². The summed E-state index contributed by atoms with van der Waals surface area (Å²) in [5, 5.41) is 0. The van der Waals surface area contributed by atoms with Gasteiger partial charge in [-0.2, -0.15) is 0 Å². The Morgan fingerprint density at radius 2 is 2.07 bits per heavy atom. The fraction of sp³-hybridized carbons (Fsp3) is 0.421. The first kappa shape index (κ1) is 20.8. The minimum Gasteiger partial charge on any atom is -0.383 e. The summed E-state index contributed by atoms with van der Waals surface area (Å²) in [5.41, 5.74) is 7.17. The summed E-state index contributed by atoms with van der Waals surface area (Å²) >= 11 is 1.47. The van der Waals surface area contributed by atoms with Crippen molar-refractivity contribution in [3.63, 3.8) is 0 Å². The maximum absolute atomic E-state index is 12.5. The van der Waals surface area contributed by atoms with E-state index in [0.717, 1.165) is 18.4 Å². The number of rotatable bonds is 8. The lowest BCUT2D eigenvalue weighted by molar-refractivity contribution is -0.115. The van der Waals surface area contributed by atoms with Gasteiger partial charge in [-0.15, -0.1) is 11.8 Å². The van der Waals surface area contributed by atoms with Crippen LogP contribution in [-0.4, -0.2) is 28.3 Å². The second-order valence-electron chi connectivity index (χ2n) is 6.43. The van der Waals surface area contributed by atoms with Crippen LogP contribution >= 0.6 is 11.8 Å². The van der Waals surface area contributed by atoms with Crippen molar-refractivity contribution in [2.45, 2.75) is 39.0 Å². The monoisotopic (exact) mass is 390 g/mol. The number of hydrogen-bond acceptors (Lipinski definition) is 5. The smallest absolute Gasteiger partial charge is 0.330 e. The van der Waals surface area contributed by atoms with Crippen LogP contribution in [0.25, 0.3) is 0 Å². The summed E-state index contributed by atoms with van der Waals surface area (Å²) in [7, 11) is 1.51. The molecule has 8 heteroatoms. The van der Waals surface area contributed by atoms with Crippen LogP contribution < -0.4 is 21.9 Å². The first-order valence-corrected chi connectivity index (χ1v) is 10.0. The Hall–Kier alpha value is -2.48. The molecular weight excluding hydrogens is 364 g/mol. The van der Waals surface area contributed by atoms with Crippen LogP contribution in [0.4, 0.5) is 11.5 Å². The summed E-state index contributed by atoms with van der Waals surface area (Å²) in [6, 6.07) is 8.10. The molecule has 0 aliphatic rings. The Kier molecular flexibility index (Phi) is 7.29. The van der Waals surface area contributed by atoms with Crippen molar-refractivity contribution in [3.8, 4) is 0 Å². The third-order valence-corrected chi connectivity index (χ3v) is 5.22. The minimum absolute atomic E-state index is 0.0202. The van der Waals surface area contributed by atoms with Gasteiger partial charge >= 0.3 is 5.69 Å². The summed E-state index contributed by atoms with van der Waals surface area (Å²) in [6.07, 6.45) is 1.63. The number of H-pyrrole nitrogens is 1. The molecule has 1 heterocycles. The van der Waals surface area contributed by atoms with Crippen LogP contribution in [0.5, 0.6) is 0 Å². The van der Waals surface area contributed by atoms with Crippen LogP contribution in [0.2, 0.25) is 0 Å². The lowest BCUT2D eigenvalue weighted by Gasteiger charge is -2.20. The van der Waals surface area contributed by atoms with Crippen molar-refractivity contribution in [2.24, 2.45) is 0 Å². The van der Waals surface area contributed by atoms with Gasteiger partial charge in [-0.3, -0.25) is 19.1 Å². The van der Waals surface area contributed by atoms with Gasteiger partial charge < -0.3 is 10.6 Å². The number of nitrogens with one attached hydrogen (secondary N) is 1. The van der Waals surface area contributed by atoms with E-state index >= 15 is 0 Å². The van der Waals surface area contributed by atoms with E-state index in [2.05, 4.69) is 11.1 Å². The molecule has 0 spiro atoms. The highest BCUT2D eigenvalue weighted by molar-refractivity contribution is 7.99. The van der Waals surface area contributed by atoms with Crippen molar-refractivity contribution < 1.29 is 4.79 Å². The van der Waals surface area contributed by atoms with Crippen LogP contribution in [0.1, 0.15) is 30.9 Å². The first-order valence-electron chi connectivity index (χ1n) is 8.87. The number of nitrogens with zero attached hydrogens (tertiary/aromatic N) is 2. The maximum atomic E-state index is 12.5. The SMILES string of the molecule is CCCCn1c(N)c(N(C)C(=O)CSCc2cccc(C)c2)c(=O)[nH]c1=O. The fourth-order valence-corrected chi connectivity index (χ4v) is 3.60. The number of thioether (sulfide) groups is 1. The van der Waals surface area contributed by atoms with E-state index in [1.54, 1.807) is 0 Å². The molecule has 0 radical (unpaired) electrons. The highest BCUT2D eigenvalue weighted by Gasteiger charge is 2.20. The largest absolute Gasteiger partial charge is 0.383 e. The number of anilines is 2. The molecular formula is C19H26N4O3S. The van der Waals surface area contributed by atoms with Crippen molar-refractivity contribution in [1.82, 2.24) is 9.55 Å². The van der Waals surface area contributed by atoms with Crippen LogP contribution in [-0.2, 0) is 17.1 Å². The second kappa shape index (κ2) is 9.45. The molecule has 0 aliphatic carbocycles. The van der Waals surface area contributed by atoms with Gasteiger partial charge in [-0.25, -0.2) is 4.79 Å². The van der Waals surface area contributed by atoms with Gasteiger partial charge in [-0.1, -0.05) is 43.2 Å². The molecule has 3 N–H and O–H groups in total. The van der Waals surface area contributed by atoms with Gasteiger partial charge in [0.25, 0.3) is 5.56 Å². The van der Waals surface area contributed by atoms with Crippen molar-refractivity contribution in [1.29, 1.82) is 0 Å². The van der Waals surface area contributed by atoms with Gasteiger partial charge in [0.05, 0.1) is 5.75 Å². The number of nitrogens with two attached hydrogens (primary N) is 1. The molecule has 0 fully saturated rings. The lowest BCUT2D eigenvalue weighted by atomic mass is 10.2. The number of unbranched alkanes of at least 4 members (excludes halogenated alkanes) is 1. The molecule has 2 aromatic rings. The third kappa shape index (κ3) is 5.26. The van der Waals surface area contributed by atoms with Crippen LogP contribution in [0.15, 0.2) is 33.9 Å². The third-order valence-electron chi connectivity index (χ3n) is 4.24. The van der Waals surface area contributed by atoms with Crippen molar-refractivity contribution in [2.75, 3.05) is 23.4 Å². The molecule has 0 unspecified atom stereocenters. The number of hydrogen-bond donors (Lipinski definition) is 2. The number of aryl methyl sites for hydroxylation is 1. The van der Waals surface area contributed by atoms with E-state index in [1.165, 1.54) is 33.8 Å². The molecule has 146 valence electrons. The molecule has 1 amide bonds. The predicted octanol–water partition coefficient (Wildman–Crippen LogP) is 2.12. The normalized spacial score (nSPS) is 10.8. The van der Waals surface area contributed by atoms with E-state index < -0.39 is 11.2 Å². The Balaban J connectivity index is 2.11. The first-order chi connectivity index (χ1) is 12.8. The lowest BCUT2D eigenvalue weighted by Crippen LogP contribution is -2.39. The maximum Gasteiger partial charge on any atom is 0.330 e. The van der Waals surface area contributed by atoms with Gasteiger partial charge in [-0.05, 0) is 18.9 Å². The highest BCUT2D eigenvalue weighted by Crippen LogP contribution is 2.18. The fourth-order valence-electron chi connectivity index (χ4n) is 2.72. The molecule has 0 atom stereocenters. The van der Waals surface area contributed by atoms with Crippen molar-refractivity contribution in [3.05, 3.63) is 56.2 Å². The standard InChI is InChI=1S/C19H26N4O3S/c1-4-5-9-23-17(20)16(18(25)21-19(23)26)22(3)15(24)12-27-11-14-8-6-7-13(2)10-14/h6-8,10H,4-5,9,11-12,20H2,1-3H3,(H,21,25,26). The van der Waals surface area contributed by atoms with Crippen molar-refractivity contribution >= 4 is 29.2 Å². The number of aromatic amines is 1. The second-order valence-corrected chi connectivity index (χ2v) is 7.42. The van der Waals surface area contributed by atoms with E-state index in [4.69, 9.17) is 5.73 Å². The summed E-state index contributed by atoms with van der Waals surface area (Å²) < 4.78 is 1.31. The average molecular weight is 391 g/mol. The number of benzene rings is 1. The summed E-state index contributed by atoms with van der Waals surface area (Å²) in [5.74, 6) is 0.683. The predicted molar refractivity (Wildman–Crippen MR) is 111 cm³/mol. The zero-order valence-electron chi connectivity index (χ0n) is 15.9. The zero-order valence-corrected chi connectivity index (χ0v) is 16.8. The molecule has 2 rings (SSSR count). The zero-order chi connectivity index (χ0) is 20.0. The Labute approximate surface area is 162 Å². The van der Waals surface area contributed by atoms with E-state index in [1.807, 2.05) is 32.0 Å². The molecule has 7 nitrogen and oxygen atoms in total. The number of nitrogen functional groups attached to an aromatic ring is 1. The molecule has 1 aromatic heterocycles. The number of aromatic nitrogens is 2. The summed E-state index contributed by atoms with van der Waals surface area (Å²) in [4.78, 5) is 40.2. The van der Waals surface area contributed by atoms with Gasteiger partial charge in [0, 0.05) is 19.3 Å². The van der Waals surface area contributed by atoms with Gasteiger partial charge in [0.15, 0.2) is 5.69 Å². The average Bonchev–Trinajstić information content (AvgIpc) is 2.61. The molecule has 1 aromatic carbocycles. The van der Waals surface area contributed by atoms with E-state index in [-0.39, 0.29) is 23.2 Å². The molecule has 0 saturated carbocycles. The molecule has 0 bridgehead atoms. The number of carbonyl (C=O) groups excluding carboxylic acids is 1. The van der Waals surface area contributed by atoms with Gasteiger partial charge in [0.2, 0.25) is 5.91 Å². The number of amides is 1. The minimum atomic E-state index is -0.648. The summed E-state index contributed by atoms with van der Waals surface area (Å²) in [6.45, 7) is 4.42. The quantitative estimate of drug-likeness (QED) is 0.719. The molecule has 27 heavy (non-hydrogen) atoms. The van der Waals surface area contributed by atoms with E-state index in [9.17, 15) is 14.4 Å². The Bertz CT molecular complexity index is 920. The Morgan fingerprint density at radius 1 is 1.33 bits per heavy atom.